The maximum atomic E-state index is 5.87. The molecule has 0 saturated carbocycles. The summed E-state index contributed by atoms with van der Waals surface area (Å²) in [6, 6.07) is 9.00. The largest absolute Gasteiger partial charge is 0.496 e. The lowest BCUT2D eigenvalue weighted by molar-refractivity contribution is 0.296. The van der Waals surface area contributed by atoms with Crippen LogP contribution in [-0.2, 0) is 12.8 Å². The molecule has 1 aromatic carbocycles. The molecule has 37 heavy (non-hydrogen) atoms. The van der Waals surface area contributed by atoms with Crippen LogP contribution < -0.4 is 31.5 Å². The van der Waals surface area contributed by atoms with E-state index in [2.05, 4.69) is 57.0 Å². The summed E-state index contributed by atoms with van der Waals surface area (Å²) in [5, 5.41) is 6.92. The van der Waals surface area contributed by atoms with Gasteiger partial charge in [0.1, 0.15) is 11.6 Å². The van der Waals surface area contributed by atoms with Gasteiger partial charge in [-0.3, -0.25) is 5.84 Å². The second-order valence-electron chi connectivity index (χ2n) is 10.9. The Labute approximate surface area is 222 Å². The van der Waals surface area contributed by atoms with Crippen molar-refractivity contribution in [1.82, 2.24) is 15.2 Å². The minimum Gasteiger partial charge on any atom is -0.496 e. The number of likely N-dealkylation sites (tertiary alicyclic amines) is 1. The monoisotopic (exact) mass is 507 g/mol. The number of aromatic nitrogens is 1. The van der Waals surface area contributed by atoms with Crippen LogP contribution in [0.15, 0.2) is 24.3 Å². The van der Waals surface area contributed by atoms with Crippen LogP contribution in [0.4, 0.5) is 17.2 Å². The molecule has 1 aromatic heterocycles. The number of ether oxygens (including phenoxy) is 1. The van der Waals surface area contributed by atoms with Gasteiger partial charge in [-0.05, 0) is 80.7 Å². The smallest absolute Gasteiger partial charge is 0.133 e. The number of methoxy groups -OCH3 is 1. The number of aryl methyl sites for hydroxylation is 1. The van der Waals surface area contributed by atoms with Crippen LogP contribution in [-0.4, -0.2) is 69.4 Å². The minimum absolute atomic E-state index is 0.506. The molecule has 2 aromatic rings. The summed E-state index contributed by atoms with van der Waals surface area (Å²) in [5.41, 5.74) is 8.99. The lowest BCUT2D eigenvalue weighted by atomic mass is 9.94. The topological polar surface area (TPSA) is 90.7 Å². The van der Waals surface area contributed by atoms with Crippen LogP contribution in [0.5, 0.6) is 5.75 Å². The van der Waals surface area contributed by atoms with Gasteiger partial charge in [0.25, 0.3) is 0 Å². The second-order valence-corrected chi connectivity index (χ2v) is 10.9. The zero-order chi connectivity index (χ0) is 25.6. The second kappa shape index (κ2) is 12.3. The molecule has 0 spiro atoms. The Hall–Kier alpha value is -2.55. The van der Waals surface area contributed by atoms with Gasteiger partial charge in [-0.2, -0.15) is 0 Å². The average molecular weight is 508 g/mol. The Morgan fingerprint density at radius 2 is 2.03 bits per heavy atom. The molecule has 4 heterocycles. The first-order chi connectivity index (χ1) is 18.2. The van der Waals surface area contributed by atoms with Crippen molar-refractivity contribution in [2.45, 2.75) is 51.4 Å². The normalized spacial score (nSPS) is 20.8. The third-order valence-corrected chi connectivity index (χ3v) is 8.46. The maximum Gasteiger partial charge on any atom is 0.133 e. The van der Waals surface area contributed by atoms with Gasteiger partial charge >= 0.3 is 0 Å². The Morgan fingerprint density at radius 1 is 1.16 bits per heavy atom. The number of nitrogen functional groups attached to an aromatic ring is 1. The molecule has 5 rings (SSSR count). The van der Waals surface area contributed by atoms with Gasteiger partial charge in [0.05, 0.1) is 12.8 Å². The van der Waals surface area contributed by atoms with Crippen molar-refractivity contribution < 1.29 is 4.74 Å². The number of benzene rings is 1. The van der Waals surface area contributed by atoms with Crippen LogP contribution in [0.25, 0.3) is 0 Å². The Bertz CT molecular complexity index is 1020. The molecule has 5 N–H and O–H groups in total. The van der Waals surface area contributed by atoms with E-state index < -0.39 is 0 Å². The number of hydrazine groups is 1. The predicted molar refractivity (Wildman–Crippen MR) is 153 cm³/mol. The maximum absolute atomic E-state index is 5.87. The molecule has 2 fully saturated rings. The van der Waals surface area contributed by atoms with Gasteiger partial charge in [-0.1, -0.05) is 6.92 Å². The van der Waals surface area contributed by atoms with Gasteiger partial charge in [-0.15, -0.1) is 0 Å². The Kier molecular flexibility index (Phi) is 8.69. The summed E-state index contributed by atoms with van der Waals surface area (Å²) >= 11 is 0. The van der Waals surface area contributed by atoms with Gasteiger partial charge < -0.3 is 30.6 Å². The quantitative estimate of drug-likeness (QED) is 0.287. The highest BCUT2D eigenvalue weighted by molar-refractivity contribution is 5.61. The summed E-state index contributed by atoms with van der Waals surface area (Å²) in [4.78, 5) is 10.1. The van der Waals surface area contributed by atoms with E-state index in [-0.39, 0.29) is 0 Å². The molecule has 8 heteroatoms. The highest BCUT2D eigenvalue weighted by Gasteiger charge is 2.26. The number of nitrogens with zero attached hydrogens (tertiary/aromatic N) is 3. The number of hydrogen-bond donors (Lipinski definition) is 4. The molecule has 202 valence electrons. The summed E-state index contributed by atoms with van der Waals surface area (Å²) in [5.74, 6) is 9.14. The van der Waals surface area contributed by atoms with Crippen molar-refractivity contribution in [2.24, 2.45) is 11.8 Å². The van der Waals surface area contributed by atoms with Crippen LogP contribution in [0.3, 0.4) is 0 Å². The SMILES string of the molecule is CC[C@H](CN1CC[C@@H](CCc2cc(OC)c3c(n2)NCCC3)C1)c1cc(NN)cc(N2CCNCC2)c1. The molecule has 0 aliphatic carbocycles. The summed E-state index contributed by atoms with van der Waals surface area (Å²) < 4.78 is 5.70. The van der Waals surface area contributed by atoms with Gasteiger partial charge in [0, 0.05) is 68.8 Å². The molecule has 0 bridgehead atoms. The molecule has 2 saturated heterocycles. The summed E-state index contributed by atoms with van der Waals surface area (Å²) in [6.45, 7) is 10.9. The highest BCUT2D eigenvalue weighted by atomic mass is 16.5. The first-order valence-corrected chi connectivity index (χ1v) is 14.3. The molecule has 0 radical (unpaired) electrons. The van der Waals surface area contributed by atoms with Crippen molar-refractivity contribution in [2.75, 3.05) is 75.1 Å². The first kappa shape index (κ1) is 26.1. The molecule has 0 amide bonds. The third-order valence-electron chi connectivity index (χ3n) is 8.46. The molecule has 3 aliphatic heterocycles. The number of piperazine rings is 1. The van der Waals surface area contributed by atoms with Crippen LogP contribution in [0.2, 0.25) is 0 Å². The van der Waals surface area contributed by atoms with E-state index in [0.717, 1.165) is 93.8 Å². The van der Waals surface area contributed by atoms with Crippen molar-refractivity contribution in [1.29, 1.82) is 0 Å². The lowest BCUT2D eigenvalue weighted by Crippen LogP contribution is -2.43. The Morgan fingerprint density at radius 3 is 2.81 bits per heavy atom. The van der Waals surface area contributed by atoms with E-state index in [4.69, 9.17) is 15.6 Å². The van der Waals surface area contributed by atoms with Crippen LogP contribution in [0.1, 0.15) is 55.3 Å². The van der Waals surface area contributed by atoms with Crippen molar-refractivity contribution in [3.63, 3.8) is 0 Å². The average Bonchev–Trinajstić information content (AvgIpc) is 3.41. The third kappa shape index (κ3) is 6.30. The van der Waals surface area contributed by atoms with E-state index in [1.807, 2.05) is 0 Å². The Balaban J connectivity index is 1.19. The number of rotatable bonds is 10. The molecule has 0 unspecified atom stereocenters. The summed E-state index contributed by atoms with van der Waals surface area (Å²) in [7, 11) is 1.78. The summed E-state index contributed by atoms with van der Waals surface area (Å²) in [6.07, 6.45) is 6.79. The molecular weight excluding hydrogens is 462 g/mol. The first-order valence-electron chi connectivity index (χ1n) is 14.3. The van der Waals surface area contributed by atoms with E-state index in [1.54, 1.807) is 7.11 Å². The fourth-order valence-electron chi connectivity index (χ4n) is 6.28. The number of nitrogens with two attached hydrogens (primary N) is 1. The number of fused-ring (bicyclic) bond motifs is 1. The lowest BCUT2D eigenvalue weighted by Gasteiger charge is -2.31. The van der Waals surface area contributed by atoms with E-state index in [1.165, 1.54) is 42.7 Å². The minimum atomic E-state index is 0.506. The van der Waals surface area contributed by atoms with Crippen molar-refractivity contribution in [3.8, 4) is 5.75 Å². The fourth-order valence-corrected chi connectivity index (χ4v) is 6.28. The van der Waals surface area contributed by atoms with Crippen LogP contribution >= 0.6 is 0 Å². The van der Waals surface area contributed by atoms with E-state index in [0.29, 0.717) is 5.92 Å². The van der Waals surface area contributed by atoms with Gasteiger partial charge in [0.15, 0.2) is 0 Å². The predicted octanol–water partition coefficient (Wildman–Crippen LogP) is 3.59. The molecular formula is C29H45N7O. The molecule has 3 aliphatic rings. The zero-order valence-corrected chi connectivity index (χ0v) is 22.7. The molecule has 8 nitrogen and oxygen atoms in total. The van der Waals surface area contributed by atoms with Gasteiger partial charge in [0.2, 0.25) is 0 Å². The standard InChI is InChI=1S/C29H45N7O/c1-3-22(23-15-25(34-30)17-26(16-23)36-13-10-31-11-14-36)20-35-12-8-21(19-35)6-7-24-18-28(37-2)27-5-4-9-32-29(27)33-24/h15-18,21-22,31,34H,3-14,19-20,30H2,1-2H3,(H,32,33)/t21-,22-/m1/s1. The van der Waals surface area contributed by atoms with E-state index >= 15 is 0 Å². The number of anilines is 3. The number of hydrogen-bond acceptors (Lipinski definition) is 8. The zero-order valence-electron chi connectivity index (χ0n) is 22.7. The van der Waals surface area contributed by atoms with E-state index in [9.17, 15) is 0 Å². The van der Waals surface area contributed by atoms with Crippen molar-refractivity contribution in [3.05, 3.63) is 41.1 Å². The van der Waals surface area contributed by atoms with Crippen molar-refractivity contribution >= 4 is 17.2 Å². The highest BCUT2D eigenvalue weighted by Crippen LogP contribution is 2.33. The molecule has 2 atom stereocenters. The fraction of sp³-hybridized carbons (Fsp3) is 0.621. The van der Waals surface area contributed by atoms with Gasteiger partial charge in [-0.25, -0.2) is 4.98 Å². The van der Waals surface area contributed by atoms with Crippen LogP contribution in [0, 0.1) is 5.92 Å². The number of pyridine rings is 1. The number of nitrogens with one attached hydrogen (secondary N) is 3.